The number of nitrogens with zero attached hydrogens (tertiary/aromatic N) is 4. The molecule has 2 aromatic heterocycles. The van der Waals surface area contributed by atoms with Crippen LogP contribution in [0.3, 0.4) is 0 Å². The van der Waals surface area contributed by atoms with Gasteiger partial charge in [0.2, 0.25) is 0 Å². The van der Waals surface area contributed by atoms with Gasteiger partial charge in [0.1, 0.15) is 5.82 Å². The van der Waals surface area contributed by atoms with E-state index in [-0.39, 0.29) is 5.54 Å². The molecule has 1 aromatic carbocycles. The quantitative estimate of drug-likeness (QED) is 0.683. The summed E-state index contributed by atoms with van der Waals surface area (Å²) in [5.41, 5.74) is 4.72. The average molecular weight is 408 g/mol. The monoisotopic (exact) mass is 407 g/mol. The van der Waals surface area contributed by atoms with E-state index in [1.807, 2.05) is 18.3 Å². The van der Waals surface area contributed by atoms with E-state index in [1.54, 1.807) is 0 Å². The zero-order chi connectivity index (χ0) is 20.0. The van der Waals surface area contributed by atoms with Crippen molar-refractivity contribution in [2.45, 2.75) is 45.2 Å². The fraction of sp³-hybridized carbons (Fsp3) is 0.391. The number of nitrogens with one attached hydrogen (secondary N) is 1. The van der Waals surface area contributed by atoms with Crippen LogP contribution < -0.4 is 5.32 Å². The number of hydrogen-bond acceptors (Lipinski definition) is 4. The first-order chi connectivity index (χ1) is 14.1. The van der Waals surface area contributed by atoms with Gasteiger partial charge < -0.3 is 5.32 Å². The molecule has 1 spiro atoms. The summed E-state index contributed by atoms with van der Waals surface area (Å²) in [6, 6.07) is 10.4. The Morgan fingerprint density at radius 3 is 2.79 bits per heavy atom. The highest BCUT2D eigenvalue weighted by Gasteiger charge is 2.43. The molecule has 2 aliphatic rings. The maximum atomic E-state index is 6.44. The van der Waals surface area contributed by atoms with E-state index in [0.29, 0.717) is 0 Å². The van der Waals surface area contributed by atoms with Gasteiger partial charge in [-0.25, -0.2) is 9.97 Å². The predicted octanol–water partition coefficient (Wildman–Crippen LogP) is 4.71. The Hall–Kier alpha value is -2.37. The number of fused-ring (bicyclic) bond motifs is 4. The molecule has 0 atom stereocenters. The lowest BCUT2D eigenvalue weighted by atomic mass is 9.82. The topological polar surface area (TPSA) is 46.0 Å². The Kier molecular flexibility index (Phi) is 4.60. The summed E-state index contributed by atoms with van der Waals surface area (Å²) >= 11 is 6.44. The SMILES string of the molecule is CCc1ncc2n1-c1ncccc1NC21CCN(Cc2cc(C)ccc2Cl)CC1. The summed E-state index contributed by atoms with van der Waals surface area (Å²) in [5.74, 6) is 2.05. The second-order valence-corrected chi connectivity index (χ2v) is 8.61. The van der Waals surface area contributed by atoms with Gasteiger partial charge in [0, 0.05) is 37.3 Å². The summed E-state index contributed by atoms with van der Waals surface area (Å²) in [7, 11) is 0. The fourth-order valence-electron chi connectivity index (χ4n) is 4.75. The van der Waals surface area contributed by atoms with Crippen molar-refractivity contribution in [3.05, 3.63) is 70.4 Å². The molecule has 0 radical (unpaired) electrons. The Labute approximate surface area is 176 Å². The Bertz CT molecular complexity index is 1050. The molecule has 0 aliphatic carbocycles. The van der Waals surface area contributed by atoms with Crippen molar-refractivity contribution in [1.29, 1.82) is 0 Å². The normalized spacial score (nSPS) is 17.6. The summed E-state index contributed by atoms with van der Waals surface area (Å²) < 4.78 is 2.28. The van der Waals surface area contributed by atoms with Crippen LogP contribution in [0.4, 0.5) is 5.69 Å². The molecule has 0 bridgehead atoms. The van der Waals surface area contributed by atoms with Gasteiger partial charge in [-0.1, -0.05) is 36.2 Å². The first kappa shape index (κ1) is 18.6. The van der Waals surface area contributed by atoms with E-state index in [4.69, 9.17) is 16.6 Å². The molecule has 150 valence electrons. The molecule has 4 heterocycles. The zero-order valence-corrected chi connectivity index (χ0v) is 17.7. The van der Waals surface area contributed by atoms with Gasteiger partial charge in [-0.3, -0.25) is 9.47 Å². The molecule has 0 amide bonds. The van der Waals surface area contributed by atoms with E-state index in [2.05, 4.69) is 58.0 Å². The van der Waals surface area contributed by atoms with Crippen molar-refractivity contribution in [3.8, 4) is 5.82 Å². The van der Waals surface area contributed by atoms with E-state index in [0.717, 1.165) is 61.2 Å². The highest BCUT2D eigenvalue weighted by molar-refractivity contribution is 6.31. The molecule has 1 saturated heterocycles. The van der Waals surface area contributed by atoms with Gasteiger partial charge in [0.25, 0.3) is 0 Å². The number of hydrogen-bond donors (Lipinski definition) is 1. The highest BCUT2D eigenvalue weighted by atomic mass is 35.5. The number of anilines is 1. The van der Waals surface area contributed by atoms with Crippen LogP contribution in [0.25, 0.3) is 5.82 Å². The first-order valence-electron chi connectivity index (χ1n) is 10.4. The van der Waals surface area contributed by atoms with Gasteiger partial charge in [-0.05, 0) is 43.5 Å². The van der Waals surface area contributed by atoms with Crippen LogP contribution >= 0.6 is 11.6 Å². The van der Waals surface area contributed by atoms with Crippen LogP contribution in [-0.2, 0) is 18.5 Å². The summed E-state index contributed by atoms with van der Waals surface area (Å²) in [4.78, 5) is 11.9. The van der Waals surface area contributed by atoms with Crippen molar-refractivity contribution >= 4 is 17.3 Å². The van der Waals surface area contributed by atoms with E-state index in [9.17, 15) is 0 Å². The second kappa shape index (κ2) is 7.15. The van der Waals surface area contributed by atoms with Crippen molar-refractivity contribution < 1.29 is 0 Å². The number of pyridine rings is 1. The highest BCUT2D eigenvalue weighted by Crippen LogP contribution is 2.43. The number of aryl methyl sites for hydroxylation is 2. The van der Waals surface area contributed by atoms with Crippen LogP contribution in [-0.4, -0.2) is 32.5 Å². The molecule has 0 unspecified atom stereocenters. The summed E-state index contributed by atoms with van der Waals surface area (Å²) in [5, 5.41) is 4.69. The lowest BCUT2D eigenvalue weighted by Crippen LogP contribution is -2.49. The van der Waals surface area contributed by atoms with Gasteiger partial charge in [0.15, 0.2) is 5.82 Å². The lowest BCUT2D eigenvalue weighted by molar-refractivity contribution is 0.161. The Morgan fingerprint density at radius 2 is 2.00 bits per heavy atom. The predicted molar refractivity (Wildman–Crippen MR) is 117 cm³/mol. The third-order valence-corrected chi connectivity index (χ3v) is 6.69. The molecule has 0 saturated carbocycles. The third-order valence-electron chi connectivity index (χ3n) is 6.32. The fourth-order valence-corrected chi connectivity index (χ4v) is 4.92. The molecular formula is C23H26ClN5. The van der Waals surface area contributed by atoms with Crippen LogP contribution in [0, 0.1) is 6.92 Å². The Balaban J connectivity index is 1.42. The number of piperidine rings is 1. The van der Waals surface area contributed by atoms with Crippen LogP contribution in [0.1, 0.15) is 42.4 Å². The summed E-state index contributed by atoms with van der Waals surface area (Å²) in [6.07, 6.45) is 6.86. The van der Waals surface area contributed by atoms with Crippen molar-refractivity contribution in [2.75, 3.05) is 18.4 Å². The van der Waals surface area contributed by atoms with Crippen molar-refractivity contribution in [3.63, 3.8) is 0 Å². The van der Waals surface area contributed by atoms with Crippen molar-refractivity contribution in [1.82, 2.24) is 19.4 Å². The van der Waals surface area contributed by atoms with Crippen molar-refractivity contribution in [2.24, 2.45) is 0 Å². The third kappa shape index (κ3) is 3.13. The van der Waals surface area contributed by atoms with E-state index in [1.165, 1.54) is 16.8 Å². The van der Waals surface area contributed by atoms with Crippen LogP contribution in [0.2, 0.25) is 5.02 Å². The minimum atomic E-state index is -0.0939. The molecule has 5 rings (SSSR count). The van der Waals surface area contributed by atoms with E-state index >= 15 is 0 Å². The number of likely N-dealkylation sites (tertiary alicyclic amines) is 1. The standard InChI is InChI=1S/C23H26ClN5/c1-3-21-26-14-20-23(27-19-5-4-10-25-22(19)29(20)21)8-11-28(12-9-23)15-17-13-16(2)6-7-18(17)24/h4-7,10,13-14,27H,3,8-9,11-12,15H2,1-2H3. The van der Waals surface area contributed by atoms with Gasteiger partial charge in [-0.15, -0.1) is 0 Å². The maximum Gasteiger partial charge on any atom is 0.161 e. The molecular weight excluding hydrogens is 382 g/mol. The number of imidazole rings is 1. The van der Waals surface area contributed by atoms with Crippen LogP contribution in [0.5, 0.6) is 0 Å². The maximum absolute atomic E-state index is 6.44. The molecule has 1 N–H and O–H groups in total. The van der Waals surface area contributed by atoms with Gasteiger partial charge in [-0.2, -0.15) is 0 Å². The second-order valence-electron chi connectivity index (χ2n) is 8.20. The summed E-state index contributed by atoms with van der Waals surface area (Å²) in [6.45, 7) is 7.20. The average Bonchev–Trinajstić information content (AvgIpc) is 3.18. The van der Waals surface area contributed by atoms with Crippen LogP contribution in [0.15, 0.2) is 42.7 Å². The molecule has 1 fully saturated rings. The van der Waals surface area contributed by atoms with Gasteiger partial charge in [0.05, 0.1) is 23.1 Å². The molecule has 29 heavy (non-hydrogen) atoms. The smallest absolute Gasteiger partial charge is 0.161 e. The van der Waals surface area contributed by atoms with E-state index < -0.39 is 0 Å². The zero-order valence-electron chi connectivity index (χ0n) is 17.0. The first-order valence-corrected chi connectivity index (χ1v) is 10.8. The molecule has 3 aromatic rings. The largest absolute Gasteiger partial charge is 0.371 e. The van der Waals surface area contributed by atoms with Gasteiger partial charge >= 0.3 is 0 Å². The molecule has 6 heteroatoms. The molecule has 2 aliphatic heterocycles. The minimum Gasteiger partial charge on any atom is -0.371 e. The number of halogens is 1. The number of rotatable bonds is 3. The number of benzene rings is 1. The number of aromatic nitrogens is 3. The Morgan fingerprint density at radius 1 is 1.17 bits per heavy atom. The lowest BCUT2D eigenvalue weighted by Gasteiger charge is -2.45. The molecule has 5 nitrogen and oxygen atoms in total. The minimum absolute atomic E-state index is 0.0939.